The first-order chi connectivity index (χ1) is 15.0. The molecule has 1 aromatic carbocycles. The number of nitrogens with one attached hydrogen (secondary N) is 2. The molecule has 2 N–H and O–H groups in total. The van der Waals surface area contributed by atoms with Crippen LogP contribution in [0.25, 0.3) is 33.3 Å². The molecule has 156 valence electrons. The molecule has 0 atom stereocenters. The minimum atomic E-state index is -0.797. The van der Waals surface area contributed by atoms with Crippen molar-refractivity contribution in [2.75, 3.05) is 19.4 Å². The molecule has 1 saturated carbocycles. The predicted molar refractivity (Wildman–Crippen MR) is 119 cm³/mol. The highest BCUT2D eigenvalue weighted by atomic mass is 16.2. The number of hydrogen-bond donors (Lipinski definition) is 2. The van der Waals surface area contributed by atoms with Crippen LogP contribution >= 0.6 is 0 Å². The average Bonchev–Trinajstić information content (AvgIpc) is 3.32. The molecule has 5 rings (SSSR count). The number of pyridine rings is 1. The van der Waals surface area contributed by atoms with Crippen LogP contribution in [0.2, 0.25) is 0 Å². The van der Waals surface area contributed by atoms with E-state index in [1.54, 1.807) is 18.3 Å². The summed E-state index contributed by atoms with van der Waals surface area (Å²) in [6.45, 7) is 0.463. The van der Waals surface area contributed by atoms with Crippen LogP contribution in [0.5, 0.6) is 0 Å². The Hall–Kier alpha value is -3.86. The molecule has 3 aromatic heterocycles. The van der Waals surface area contributed by atoms with Gasteiger partial charge in [0.25, 0.3) is 0 Å². The Bertz CT molecular complexity index is 1370. The number of carbonyl (C=O) groups excluding carboxylic acids is 1. The van der Waals surface area contributed by atoms with E-state index in [-0.39, 0.29) is 5.91 Å². The summed E-state index contributed by atoms with van der Waals surface area (Å²) < 4.78 is 2.00. The topological polar surface area (TPSA) is 103 Å². The first-order valence-electron chi connectivity index (χ1n) is 10.2. The van der Waals surface area contributed by atoms with E-state index in [4.69, 9.17) is 4.98 Å². The van der Waals surface area contributed by atoms with E-state index in [0.717, 1.165) is 44.7 Å². The Morgan fingerprint density at radius 1 is 1.39 bits per heavy atom. The van der Waals surface area contributed by atoms with Crippen molar-refractivity contribution in [3.8, 4) is 17.3 Å². The Balaban J connectivity index is 1.50. The number of aromatic amines is 1. The number of hydrogen-bond acceptors (Lipinski definition) is 5. The number of amides is 1. The van der Waals surface area contributed by atoms with Gasteiger partial charge in [0.05, 0.1) is 17.9 Å². The van der Waals surface area contributed by atoms with Crippen LogP contribution in [0, 0.1) is 16.7 Å². The Labute approximate surface area is 179 Å². The van der Waals surface area contributed by atoms with Gasteiger partial charge in [-0.2, -0.15) is 5.26 Å². The van der Waals surface area contributed by atoms with Gasteiger partial charge in [0.15, 0.2) is 5.82 Å². The number of benzene rings is 1. The average molecular weight is 413 g/mol. The minimum absolute atomic E-state index is 0.0894. The third-order valence-corrected chi connectivity index (χ3v) is 6.05. The van der Waals surface area contributed by atoms with Gasteiger partial charge in [0, 0.05) is 38.8 Å². The second-order valence-corrected chi connectivity index (χ2v) is 8.26. The van der Waals surface area contributed by atoms with Crippen LogP contribution in [0.15, 0.2) is 36.7 Å². The molecule has 0 bridgehead atoms. The van der Waals surface area contributed by atoms with Crippen molar-refractivity contribution in [1.82, 2.24) is 24.4 Å². The lowest BCUT2D eigenvalue weighted by atomic mass is 10.1. The summed E-state index contributed by atoms with van der Waals surface area (Å²) in [4.78, 5) is 26.9. The highest BCUT2D eigenvalue weighted by molar-refractivity contribution is 6.07. The lowest BCUT2D eigenvalue weighted by Crippen LogP contribution is -2.33. The monoisotopic (exact) mass is 413 g/mol. The second kappa shape index (κ2) is 6.84. The lowest BCUT2D eigenvalue weighted by Gasteiger charge is -2.20. The summed E-state index contributed by atoms with van der Waals surface area (Å²) >= 11 is 0. The Morgan fingerprint density at radius 3 is 2.90 bits per heavy atom. The third kappa shape index (κ3) is 3.01. The number of anilines is 1. The number of imidazole rings is 1. The van der Waals surface area contributed by atoms with E-state index in [0.29, 0.717) is 19.4 Å². The van der Waals surface area contributed by atoms with E-state index < -0.39 is 5.41 Å². The molecular formula is C23H23N7O. The zero-order valence-electron chi connectivity index (χ0n) is 17.7. The molecule has 0 radical (unpaired) electrons. The zero-order chi connectivity index (χ0) is 21.8. The van der Waals surface area contributed by atoms with Crippen molar-refractivity contribution in [3.05, 3.63) is 42.2 Å². The van der Waals surface area contributed by atoms with Crippen molar-refractivity contribution >= 4 is 33.8 Å². The molecular weight excluding hydrogens is 390 g/mol. The van der Waals surface area contributed by atoms with E-state index in [2.05, 4.69) is 33.5 Å². The number of aromatic nitrogens is 4. The molecule has 8 heteroatoms. The number of rotatable bonds is 5. The van der Waals surface area contributed by atoms with Crippen LogP contribution in [0.3, 0.4) is 0 Å². The zero-order valence-corrected chi connectivity index (χ0v) is 17.7. The standard InChI is InChI=1S/C23H23N7O/c1-25-21-18-19(30(3)13-26-18)16-10-17(27-20(16)28-21)15-6-4-5-14(9-15)11-29(2)22(31)23(12-24)7-8-23/h4-6,9-10,13H,7-8,11H2,1-3H3,(H2,25,27,28). The summed E-state index contributed by atoms with van der Waals surface area (Å²) in [5.41, 5.74) is 4.82. The maximum absolute atomic E-state index is 12.6. The van der Waals surface area contributed by atoms with E-state index in [9.17, 15) is 10.1 Å². The molecule has 0 unspecified atom stereocenters. The first-order valence-corrected chi connectivity index (χ1v) is 10.2. The fourth-order valence-corrected chi connectivity index (χ4v) is 4.17. The normalized spacial score (nSPS) is 14.5. The van der Waals surface area contributed by atoms with Gasteiger partial charge in [-0.05, 0) is 36.1 Å². The quantitative estimate of drug-likeness (QED) is 0.522. The minimum Gasteiger partial charge on any atom is -0.371 e. The molecule has 3 heterocycles. The van der Waals surface area contributed by atoms with Crippen molar-refractivity contribution in [2.45, 2.75) is 19.4 Å². The Morgan fingerprint density at radius 2 is 2.19 bits per heavy atom. The maximum atomic E-state index is 12.6. The maximum Gasteiger partial charge on any atom is 0.243 e. The summed E-state index contributed by atoms with van der Waals surface area (Å²) in [5, 5.41) is 13.4. The largest absolute Gasteiger partial charge is 0.371 e. The molecule has 0 aliphatic heterocycles. The fourth-order valence-electron chi connectivity index (χ4n) is 4.17. The van der Waals surface area contributed by atoms with Gasteiger partial charge in [-0.3, -0.25) is 4.79 Å². The molecule has 1 aliphatic rings. The van der Waals surface area contributed by atoms with Crippen molar-refractivity contribution in [1.29, 1.82) is 5.26 Å². The van der Waals surface area contributed by atoms with Gasteiger partial charge in [-0.25, -0.2) is 9.97 Å². The molecule has 1 amide bonds. The molecule has 0 spiro atoms. The predicted octanol–water partition coefficient (Wildman–Crippen LogP) is 3.42. The van der Waals surface area contributed by atoms with Crippen molar-refractivity contribution in [2.24, 2.45) is 12.5 Å². The number of carbonyl (C=O) groups is 1. The van der Waals surface area contributed by atoms with Crippen LogP contribution < -0.4 is 5.32 Å². The highest BCUT2D eigenvalue weighted by Crippen LogP contribution is 2.46. The smallest absolute Gasteiger partial charge is 0.243 e. The number of aryl methyl sites for hydroxylation is 1. The van der Waals surface area contributed by atoms with Gasteiger partial charge in [0.1, 0.15) is 16.6 Å². The van der Waals surface area contributed by atoms with Gasteiger partial charge in [-0.1, -0.05) is 18.2 Å². The van der Waals surface area contributed by atoms with Crippen LogP contribution in [0.1, 0.15) is 18.4 Å². The van der Waals surface area contributed by atoms with Gasteiger partial charge in [0.2, 0.25) is 5.91 Å². The lowest BCUT2D eigenvalue weighted by molar-refractivity contribution is -0.134. The summed E-state index contributed by atoms with van der Waals surface area (Å²) in [6.07, 6.45) is 3.11. The summed E-state index contributed by atoms with van der Waals surface area (Å²) in [6, 6.07) is 12.4. The highest BCUT2D eigenvalue weighted by Gasteiger charge is 2.51. The molecule has 1 fully saturated rings. The summed E-state index contributed by atoms with van der Waals surface area (Å²) in [7, 11) is 5.57. The van der Waals surface area contributed by atoms with Crippen molar-refractivity contribution in [3.63, 3.8) is 0 Å². The molecule has 31 heavy (non-hydrogen) atoms. The van der Waals surface area contributed by atoms with Gasteiger partial charge in [-0.15, -0.1) is 0 Å². The molecule has 4 aromatic rings. The fraction of sp³-hybridized carbons (Fsp3) is 0.304. The molecule has 0 saturated heterocycles. The van der Waals surface area contributed by atoms with Gasteiger partial charge < -0.3 is 19.8 Å². The number of fused-ring (bicyclic) bond motifs is 3. The third-order valence-electron chi connectivity index (χ3n) is 6.05. The van der Waals surface area contributed by atoms with Crippen LogP contribution in [0.4, 0.5) is 5.82 Å². The molecule has 1 aliphatic carbocycles. The second-order valence-electron chi connectivity index (χ2n) is 8.26. The number of nitriles is 1. The first kappa shape index (κ1) is 19.1. The van der Waals surface area contributed by atoms with E-state index in [1.807, 2.05) is 36.9 Å². The molecule has 8 nitrogen and oxygen atoms in total. The number of H-pyrrole nitrogens is 1. The summed E-state index contributed by atoms with van der Waals surface area (Å²) in [5.74, 6) is 0.644. The van der Waals surface area contributed by atoms with E-state index in [1.165, 1.54) is 0 Å². The number of nitrogens with zero attached hydrogens (tertiary/aromatic N) is 5. The van der Waals surface area contributed by atoms with Crippen molar-refractivity contribution < 1.29 is 4.79 Å². The van der Waals surface area contributed by atoms with Crippen LogP contribution in [-0.2, 0) is 18.4 Å². The van der Waals surface area contributed by atoms with Crippen LogP contribution in [-0.4, -0.2) is 44.4 Å². The Kier molecular flexibility index (Phi) is 4.22. The van der Waals surface area contributed by atoms with Gasteiger partial charge >= 0.3 is 0 Å². The van der Waals surface area contributed by atoms with E-state index >= 15 is 0 Å². The SMILES string of the molecule is CNc1nc2[nH]c(-c3cccc(CN(C)C(=O)C4(C#N)CC4)c3)cc2c2c1ncn2C.